The molecule has 5 heteroatoms. The molecule has 1 N–H and O–H groups in total. The van der Waals surface area contributed by atoms with Crippen LogP contribution in [-0.2, 0) is 13.0 Å². The topological polar surface area (TPSA) is 58.5 Å². The quantitative estimate of drug-likeness (QED) is 0.875. The second-order valence-corrected chi connectivity index (χ2v) is 6.33. The van der Waals surface area contributed by atoms with Gasteiger partial charge >= 0.3 is 0 Å². The highest BCUT2D eigenvalue weighted by atomic mass is 16.5. The van der Waals surface area contributed by atoms with Crippen molar-refractivity contribution in [2.45, 2.75) is 38.9 Å². The zero-order chi connectivity index (χ0) is 15.8. The number of aryl methyl sites for hydroxylation is 1. The Morgan fingerprint density at radius 3 is 3.00 bits per heavy atom. The molecule has 0 amide bonds. The van der Waals surface area contributed by atoms with E-state index in [0.717, 1.165) is 60.0 Å². The Bertz CT molecular complexity index is 732. The SMILES string of the molecule is Cc1nc2c(c(N3CCC[C@@H](O)C3)n1)Cc1ccccc1OC2. The lowest BCUT2D eigenvalue weighted by Crippen LogP contribution is -2.39. The van der Waals surface area contributed by atoms with Gasteiger partial charge in [0.25, 0.3) is 0 Å². The molecule has 0 saturated carbocycles. The molecule has 1 aromatic heterocycles. The Morgan fingerprint density at radius 2 is 2.13 bits per heavy atom. The number of aromatic nitrogens is 2. The first-order valence-corrected chi connectivity index (χ1v) is 8.21. The van der Waals surface area contributed by atoms with Crippen molar-refractivity contribution < 1.29 is 9.84 Å². The van der Waals surface area contributed by atoms with E-state index in [4.69, 9.17) is 9.72 Å². The van der Waals surface area contributed by atoms with Crippen LogP contribution in [0, 0.1) is 6.92 Å². The van der Waals surface area contributed by atoms with Crippen molar-refractivity contribution in [3.05, 3.63) is 46.9 Å². The van der Waals surface area contributed by atoms with E-state index in [9.17, 15) is 5.11 Å². The number of β-amino-alcohol motifs (C(OH)–C–C–N with tert-alkyl or cyclic N) is 1. The summed E-state index contributed by atoms with van der Waals surface area (Å²) in [4.78, 5) is 11.5. The van der Waals surface area contributed by atoms with Crippen LogP contribution in [0.1, 0.15) is 35.5 Å². The number of aliphatic hydroxyl groups is 1. The number of para-hydroxylation sites is 1. The second-order valence-electron chi connectivity index (χ2n) is 6.33. The van der Waals surface area contributed by atoms with Crippen molar-refractivity contribution in [3.63, 3.8) is 0 Å². The van der Waals surface area contributed by atoms with E-state index in [1.165, 1.54) is 0 Å². The molecule has 23 heavy (non-hydrogen) atoms. The molecule has 0 aliphatic carbocycles. The van der Waals surface area contributed by atoms with E-state index >= 15 is 0 Å². The monoisotopic (exact) mass is 311 g/mol. The maximum absolute atomic E-state index is 10.0. The molecule has 0 radical (unpaired) electrons. The van der Waals surface area contributed by atoms with Gasteiger partial charge in [-0.1, -0.05) is 18.2 Å². The molecule has 1 saturated heterocycles. The van der Waals surface area contributed by atoms with Crippen LogP contribution in [0.4, 0.5) is 5.82 Å². The number of hydrogen-bond donors (Lipinski definition) is 1. The van der Waals surface area contributed by atoms with E-state index < -0.39 is 0 Å². The smallest absolute Gasteiger partial charge is 0.136 e. The van der Waals surface area contributed by atoms with Crippen LogP contribution >= 0.6 is 0 Å². The van der Waals surface area contributed by atoms with Crippen LogP contribution in [0.3, 0.4) is 0 Å². The zero-order valence-corrected chi connectivity index (χ0v) is 13.3. The molecule has 2 aromatic rings. The Labute approximate surface area is 136 Å². The van der Waals surface area contributed by atoms with Crippen molar-refractivity contribution >= 4 is 5.82 Å². The molecule has 0 spiro atoms. The second kappa shape index (κ2) is 5.81. The largest absolute Gasteiger partial charge is 0.487 e. The molecule has 1 fully saturated rings. The van der Waals surface area contributed by atoms with Gasteiger partial charge < -0.3 is 14.7 Å². The van der Waals surface area contributed by atoms with E-state index in [2.05, 4.69) is 16.0 Å². The van der Waals surface area contributed by atoms with Gasteiger partial charge in [-0.2, -0.15) is 0 Å². The number of rotatable bonds is 1. The molecular weight excluding hydrogens is 290 g/mol. The predicted octanol–water partition coefficient (Wildman–Crippen LogP) is 2.23. The molecule has 4 rings (SSSR count). The summed E-state index contributed by atoms with van der Waals surface area (Å²) >= 11 is 0. The molecule has 2 aliphatic heterocycles. The number of aliphatic hydroxyl groups excluding tert-OH is 1. The highest BCUT2D eigenvalue weighted by molar-refractivity contribution is 5.54. The minimum absolute atomic E-state index is 0.274. The summed E-state index contributed by atoms with van der Waals surface area (Å²) < 4.78 is 5.94. The number of ether oxygens (including phenoxy) is 1. The van der Waals surface area contributed by atoms with Crippen molar-refractivity contribution in [1.82, 2.24) is 9.97 Å². The van der Waals surface area contributed by atoms with E-state index in [0.29, 0.717) is 13.2 Å². The third-order valence-electron chi connectivity index (χ3n) is 4.58. The predicted molar refractivity (Wildman–Crippen MR) is 87.8 cm³/mol. The van der Waals surface area contributed by atoms with Crippen LogP contribution in [0.25, 0.3) is 0 Å². The fraction of sp³-hybridized carbons (Fsp3) is 0.444. The number of benzene rings is 1. The van der Waals surface area contributed by atoms with Crippen LogP contribution < -0.4 is 9.64 Å². The van der Waals surface area contributed by atoms with Gasteiger partial charge in [-0.15, -0.1) is 0 Å². The van der Waals surface area contributed by atoms with Gasteiger partial charge in [0.05, 0.1) is 11.8 Å². The molecule has 3 heterocycles. The van der Waals surface area contributed by atoms with Crippen LogP contribution in [0.5, 0.6) is 5.75 Å². The third kappa shape index (κ3) is 2.77. The Kier molecular flexibility index (Phi) is 3.65. The summed E-state index contributed by atoms with van der Waals surface area (Å²) in [5, 5.41) is 10.0. The van der Waals surface area contributed by atoms with Crippen LogP contribution in [0.15, 0.2) is 24.3 Å². The lowest BCUT2D eigenvalue weighted by atomic mass is 10.0. The van der Waals surface area contributed by atoms with Crippen molar-refractivity contribution in [2.75, 3.05) is 18.0 Å². The lowest BCUT2D eigenvalue weighted by Gasteiger charge is -2.32. The molecule has 0 unspecified atom stereocenters. The lowest BCUT2D eigenvalue weighted by molar-refractivity contribution is 0.153. The number of nitrogens with zero attached hydrogens (tertiary/aromatic N) is 3. The van der Waals surface area contributed by atoms with E-state index in [1.54, 1.807) is 0 Å². The number of fused-ring (bicyclic) bond motifs is 2. The number of anilines is 1. The molecule has 0 bridgehead atoms. The van der Waals surface area contributed by atoms with Gasteiger partial charge in [0, 0.05) is 25.1 Å². The normalized spacial score (nSPS) is 20.3. The minimum Gasteiger partial charge on any atom is -0.487 e. The van der Waals surface area contributed by atoms with Crippen molar-refractivity contribution in [2.24, 2.45) is 0 Å². The maximum Gasteiger partial charge on any atom is 0.136 e. The molecular formula is C18H21N3O2. The Hall–Kier alpha value is -2.14. The summed E-state index contributed by atoms with van der Waals surface area (Å²) in [5.74, 6) is 2.65. The van der Waals surface area contributed by atoms with Crippen molar-refractivity contribution in [3.8, 4) is 5.75 Å². The first-order valence-electron chi connectivity index (χ1n) is 8.21. The summed E-state index contributed by atoms with van der Waals surface area (Å²) in [5.41, 5.74) is 3.26. The minimum atomic E-state index is -0.274. The maximum atomic E-state index is 10.0. The standard InChI is InChI=1S/C18H21N3O2/c1-12-19-16-11-23-17-7-3-2-5-13(17)9-15(16)18(20-12)21-8-4-6-14(22)10-21/h2-3,5,7,14,22H,4,6,8-11H2,1H3/t14-/m1/s1. The molecule has 5 nitrogen and oxygen atoms in total. The molecule has 120 valence electrons. The Balaban J connectivity index is 1.78. The molecule has 2 aliphatic rings. The van der Waals surface area contributed by atoms with Crippen molar-refractivity contribution in [1.29, 1.82) is 0 Å². The summed E-state index contributed by atoms with van der Waals surface area (Å²) in [7, 11) is 0. The summed E-state index contributed by atoms with van der Waals surface area (Å²) in [6.07, 6.45) is 2.36. The number of piperidine rings is 1. The average Bonchev–Trinajstić information content (AvgIpc) is 2.73. The molecule has 1 atom stereocenters. The summed E-state index contributed by atoms with van der Waals surface area (Å²) in [6.45, 7) is 3.97. The fourth-order valence-electron chi connectivity index (χ4n) is 3.47. The van der Waals surface area contributed by atoms with Gasteiger partial charge in [-0.25, -0.2) is 9.97 Å². The zero-order valence-electron chi connectivity index (χ0n) is 13.3. The van der Waals surface area contributed by atoms with Gasteiger partial charge in [0.1, 0.15) is 24.0 Å². The first kappa shape index (κ1) is 14.5. The number of hydrogen-bond acceptors (Lipinski definition) is 5. The fourth-order valence-corrected chi connectivity index (χ4v) is 3.47. The molecule has 1 aromatic carbocycles. The first-order chi connectivity index (χ1) is 11.2. The average molecular weight is 311 g/mol. The summed E-state index contributed by atoms with van der Waals surface area (Å²) in [6, 6.07) is 8.13. The van der Waals surface area contributed by atoms with Crippen LogP contribution in [-0.4, -0.2) is 34.3 Å². The van der Waals surface area contributed by atoms with E-state index in [-0.39, 0.29) is 6.10 Å². The highest BCUT2D eigenvalue weighted by Crippen LogP contribution is 2.33. The van der Waals surface area contributed by atoms with Gasteiger partial charge in [0.2, 0.25) is 0 Å². The van der Waals surface area contributed by atoms with E-state index in [1.807, 2.05) is 25.1 Å². The highest BCUT2D eigenvalue weighted by Gasteiger charge is 2.26. The van der Waals surface area contributed by atoms with Gasteiger partial charge in [-0.05, 0) is 31.4 Å². The Morgan fingerprint density at radius 1 is 1.26 bits per heavy atom. The van der Waals surface area contributed by atoms with Gasteiger partial charge in [0.15, 0.2) is 0 Å². The van der Waals surface area contributed by atoms with Gasteiger partial charge in [-0.3, -0.25) is 0 Å². The van der Waals surface area contributed by atoms with Crippen LogP contribution in [0.2, 0.25) is 0 Å². The third-order valence-corrected chi connectivity index (χ3v) is 4.58.